The predicted molar refractivity (Wildman–Crippen MR) is 115 cm³/mol. The summed E-state index contributed by atoms with van der Waals surface area (Å²) < 4.78 is 0. The first-order chi connectivity index (χ1) is 13.6. The molecule has 2 aromatic rings. The maximum absolute atomic E-state index is 10.7. The Bertz CT molecular complexity index is 758. The molecule has 28 heavy (non-hydrogen) atoms. The highest BCUT2D eigenvalue weighted by Crippen LogP contribution is 2.14. The molecule has 152 valence electrons. The summed E-state index contributed by atoms with van der Waals surface area (Å²) in [6, 6.07) is 6.78. The number of nitro benzene ring substituents is 1. The number of benzene rings is 1. The van der Waals surface area contributed by atoms with Gasteiger partial charge in [0, 0.05) is 49.3 Å². The Hall–Kier alpha value is -2.48. The number of hydrogen-bond donors (Lipinski definition) is 2. The summed E-state index contributed by atoms with van der Waals surface area (Å²) in [4.78, 5) is 20.7. The van der Waals surface area contributed by atoms with Crippen LogP contribution in [0.2, 0.25) is 0 Å². The van der Waals surface area contributed by atoms with Crippen LogP contribution in [0.5, 0.6) is 0 Å². The SMILES string of the molecule is CCNC(=NCCCCc1ccc([N+](=O)[O-])cc1)NCCc1ncc(CC)s1. The molecule has 0 radical (unpaired) electrons. The second-order valence-electron chi connectivity index (χ2n) is 6.39. The summed E-state index contributed by atoms with van der Waals surface area (Å²) in [6.07, 6.45) is 6.77. The number of thiazole rings is 1. The van der Waals surface area contributed by atoms with Crippen molar-refractivity contribution in [3.8, 4) is 0 Å². The molecule has 0 bridgehead atoms. The second kappa shape index (κ2) is 12.1. The standard InChI is InChI=1S/C20H29N5O2S/c1-3-18-15-24-19(28-18)12-14-23-20(21-4-2)22-13-6-5-7-16-8-10-17(11-9-16)25(26)27/h8-11,15H,3-7,12-14H2,1-2H3,(H2,21,22,23). The number of non-ortho nitro benzene ring substituents is 1. The zero-order chi connectivity index (χ0) is 20.2. The van der Waals surface area contributed by atoms with Gasteiger partial charge in [0.05, 0.1) is 9.93 Å². The molecule has 2 rings (SSSR count). The lowest BCUT2D eigenvalue weighted by Crippen LogP contribution is -2.38. The molecule has 0 fully saturated rings. The summed E-state index contributed by atoms with van der Waals surface area (Å²) >= 11 is 1.77. The molecule has 0 atom stereocenters. The highest BCUT2D eigenvalue weighted by molar-refractivity contribution is 7.11. The molecule has 2 N–H and O–H groups in total. The van der Waals surface area contributed by atoms with Crippen LogP contribution in [0.3, 0.4) is 0 Å². The molecule has 0 saturated heterocycles. The van der Waals surface area contributed by atoms with Crippen molar-refractivity contribution in [1.82, 2.24) is 15.6 Å². The van der Waals surface area contributed by atoms with E-state index in [0.29, 0.717) is 0 Å². The number of nitrogens with zero attached hydrogens (tertiary/aromatic N) is 3. The van der Waals surface area contributed by atoms with Gasteiger partial charge in [-0.25, -0.2) is 4.98 Å². The van der Waals surface area contributed by atoms with Crippen LogP contribution in [0.25, 0.3) is 0 Å². The number of nitro groups is 1. The van der Waals surface area contributed by atoms with Crippen LogP contribution < -0.4 is 10.6 Å². The topological polar surface area (TPSA) is 92.5 Å². The van der Waals surface area contributed by atoms with Crippen LogP contribution in [-0.2, 0) is 19.3 Å². The highest BCUT2D eigenvalue weighted by atomic mass is 32.1. The summed E-state index contributed by atoms with van der Waals surface area (Å²) in [5.74, 6) is 0.838. The maximum atomic E-state index is 10.7. The van der Waals surface area contributed by atoms with Gasteiger partial charge in [0.1, 0.15) is 0 Å². The van der Waals surface area contributed by atoms with E-state index in [0.717, 1.165) is 68.3 Å². The van der Waals surface area contributed by atoms with Gasteiger partial charge in [-0.1, -0.05) is 19.1 Å². The van der Waals surface area contributed by atoms with E-state index in [-0.39, 0.29) is 10.6 Å². The van der Waals surface area contributed by atoms with E-state index < -0.39 is 0 Å². The zero-order valence-electron chi connectivity index (χ0n) is 16.6. The third-order valence-electron chi connectivity index (χ3n) is 4.22. The molecule has 0 aliphatic heterocycles. The molecule has 0 aliphatic rings. The van der Waals surface area contributed by atoms with E-state index in [1.54, 1.807) is 23.5 Å². The molecule has 0 saturated carbocycles. The number of nitrogens with one attached hydrogen (secondary N) is 2. The first-order valence-electron chi connectivity index (χ1n) is 9.81. The van der Waals surface area contributed by atoms with Crippen molar-refractivity contribution < 1.29 is 4.92 Å². The van der Waals surface area contributed by atoms with Gasteiger partial charge < -0.3 is 10.6 Å². The van der Waals surface area contributed by atoms with E-state index in [4.69, 9.17) is 0 Å². The average Bonchev–Trinajstić information content (AvgIpc) is 3.16. The lowest BCUT2D eigenvalue weighted by molar-refractivity contribution is -0.384. The maximum Gasteiger partial charge on any atom is 0.269 e. The number of hydrogen-bond acceptors (Lipinski definition) is 5. The van der Waals surface area contributed by atoms with Crippen LogP contribution in [0.4, 0.5) is 5.69 Å². The van der Waals surface area contributed by atoms with Crippen molar-refractivity contribution in [1.29, 1.82) is 0 Å². The minimum absolute atomic E-state index is 0.137. The number of guanidine groups is 1. The molecular weight excluding hydrogens is 374 g/mol. The van der Waals surface area contributed by atoms with Gasteiger partial charge in [-0.3, -0.25) is 15.1 Å². The monoisotopic (exact) mass is 403 g/mol. The number of unbranched alkanes of at least 4 members (excludes halogenated alkanes) is 1. The Morgan fingerprint density at radius 1 is 1.18 bits per heavy atom. The average molecular weight is 404 g/mol. The molecule has 0 amide bonds. The lowest BCUT2D eigenvalue weighted by atomic mass is 10.1. The fourth-order valence-electron chi connectivity index (χ4n) is 2.67. The van der Waals surface area contributed by atoms with Crippen molar-refractivity contribution in [2.45, 2.75) is 46.0 Å². The Morgan fingerprint density at radius 3 is 2.61 bits per heavy atom. The zero-order valence-corrected chi connectivity index (χ0v) is 17.4. The molecule has 1 aromatic carbocycles. The van der Waals surface area contributed by atoms with Crippen molar-refractivity contribution in [3.05, 3.63) is 56.0 Å². The quantitative estimate of drug-likeness (QED) is 0.196. The summed E-state index contributed by atoms with van der Waals surface area (Å²) in [5, 5.41) is 18.5. The molecule has 1 aromatic heterocycles. The van der Waals surface area contributed by atoms with Crippen molar-refractivity contribution >= 4 is 23.0 Å². The Morgan fingerprint density at radius 2 is 1.96 bits per heavy atom. The van der Waals surface area contributed by atoms with Crippen LogP contribution in [0.15, 0.2) is 35.5 Å². The fourth-order valence-corrected chi connectivity index (χ4v) is 3.53. The van der Waals surface area contributed by atoms with E-state index >= 15 is 0 Å². The van der Waals surface area contributed by atoms with Crippen LogP contribution >= 0.6 is 11.3 Å². The smallest absolute Gasteiger partial charge is 0.269 e. The molecule has 0 spiro atoms. The summed E-state index contributed by atoms with van der Waals surface area (Å²) in [5.41, 5.74) is 1.26. The minimum atomic E-state index is -0.370. The van der Waals surface area contributed by atoms with E-state index in [2.05, 4.69) is 34.5 Å². The van der Waals surface area contributed by atoms with Gasteiger partial charge in [-0.2, -0.15) is 0 Å². The van der Waals surface area contributed by atoms with Gasteiger partial charge >= 0.3 is 0 Å². The van der Waals surface area contributed by atoms with Crippen LogP contribution in [-0.4, -0.2) is 35.5 Å². The highest BCUT2D eigenvalue weighted by Gasteiger charge is 2.04. The lowest BCUT2D eigenvalue weighted by Gasteiger charge is -2.10. The van der Waals surface area contributed by atoms with E-state index in [1.165, 1.54) is 4.88 Å². The van der Waals surface area contributed by atoms with Crippen molar-refractivity contribution in [2.24, 2.45) is 4.99 Å². The first kappa shape index (κ1) is 21.8. The van der Waals surface area contributed by atoms with Gasteiger partial charge in [-0.15, -0.1) is 11.3 Å². The summed E-state index contributed by atoms with van der Waals surface area (Å²) in [7, 11) is 0. The van der Waals surface area contributed by atoms with Gasteiger partial charge in [0.15, 0.2) is 5.96 Å². The predicted octanol–water partition coefficient (Wildman–Crippen LogP) is 3.73. The number of aliphatic imine (C=N–C) groups is 1. The second-order valence-corrected chi connectivity index (χ2v) is 7.59. The number of aryl methyl sites for hydroxylation is 2. The van der Waals surface area contributed by atoms with Gasteiger partial charge in [0.25, 0.3) is 5.69 Å². The molecule has 0 unspecified atom stereocenters. The Balaban J connectivity index is 1.68. The summed E-state index contributed by atoms with van der Waals surface area (Å²) in [6.45, 7) is 6.59. The third kappa shape index (κ3) is 7.64. The van der Waals surface area contributed by atoms with E-state index in [1.807, 2.05) is 18.3 Å². The Kier molecular flexibility index (Phi) is 9.41. The first-order valence-corrected chi connectivity index (χ1v) is 10.6. The Labute approximate surface area is 170 Å². The van der Waals surface area contributed by atoms with Gasteiger partial charge in [-0.05, 0) is 38.2 Å². The number of aromatic nitrogens is 1. The van der Waals surface area contributed by atoms with Gasteiger partial charge in [0.2, 0.25) is 0 Å². The normalized spacial score (nSPS) is 11.4. The molecular formula is C20H29N5O2S. The van der Waals surface area contributed by atoms with Crippen molar-refractivity contribution in [3.63, 3.8) is 0 Å². The van der Waals surface area contributed by atoms with Crippen molar-refractivity contribution in [2.75, 3.05) is 19.6 Å². The molecule has 7 nitrogen and oxygen atoms in total. The van der Waals surface area contributed by atoms with Crippen LogP contribution in [0.1, 0.15) is 42.1 Å². The van der Waals surface area contributed by atoms with Crippen LogP contribution in [0, 0.1) is 10.1 Å². The number of rotatable bonds is 11. The largest absolute Gasteiger partial charge is 0.357 e. The third-order valence-corrected chi connectivity index (χ3v) is 5.42. The minimum Gasteiger partial charge on any atom is -0.357 e. The molecule has 0 aliphatic carbocycles. The molecule has 8 heteroatoms. The fraction of sp³-hybridized carbons (Fsp3) is 0.500. The van der Waals surface area contributed by atoms with E-state index in [9.17, 15) is 10.1 Å². The molecule has 1 heterocycles.